The van der Waals surface area contributed by atoms with Crippen LogP contribution < -0.4 is 0 Å². The summed E-state index contributed by atoms with van der Waals surface area (Å²) in [6.07, 6.45) is 20.3. The summed E-state index contributed by atoms with van der Waals surface area (Å²) in [5.41, 5.74) is 0. The van der Waals surface area contributed by atoms with Gasteiger partial charge in [0.25, 0.3) is 0 Å². The first-order chi connectivity index (χ1) is 17.6. The summed E-state index contributed by atoms with van der Waals surface area (Å²) in [7, 11) is 1.66. The lowest BCUT2D eigenvalue weighted by molar-refractivity contribution is -0.870. The molecule has 0 spiro atoms. The third-order valence-electron chi connectivity index (χ3n) is 6.22. The van der Waals surface area contributed by atoms with Gasteiger partial charge in [0.15, 0.2) is 0 Å². The van der Waals surface area contributed by atoms with Crippen LogP contribution >= 0.6 is 7.82 Å². The molecule has 1 unspecified atom stereocenters. The van der Waals surface area contributed by atoms with Crippen LogP contribution in [0, 0.1) is 0 Å². The Morgan fingerprint density at radius 2 is 1.19 bits per heavy atom. The summed E-state index contributed by atoms with van der Waals surface area (Å²) in [5.74, 6) is -0.488. The number of carbonyl (C=O) groups excluding carboxylic acids is 1. The maximum absolute atomic E-state index is 12.1. The van der Waals surface area contributed by atoms with Crippen LogP contribution in [0.25, 0.3) is 0 Å². The second-order valence-corrected chi connectivity index (χ2v) is 12.7. The Bertz CT molecular complexity index is 583. The van der Waals surface area contributed by atoms with Gasteiger partial charge in [0.1, 0.15) is 19.3 Å². The minimum atomic E-state index is -4.21. The topological polar surface area (TPSA) is 91.3 Å². The summed E-state index contributed by atoms with van der Waals surface area (Å²) in [4.78, 5) is 21.2. The quantitative estimate of drug-likeness (QED) is 0.0506. The fraction of sp³-hybridized carbons (Fsp3) is 0.964. The third-order valence-corrected chi connectivity index (χ3v) is 7.20. The zero-order chi connectivity index (χ0) is 27.8. The summed E-state index contributed by atoms with van der Waals surface area (Å²) in [5, 5.41) is 0. The lowest BCUT2D eigenvalue weighted by Crippen LogP contribution is -2.37. The van der Waals surface area contributed by atoms with Crippen molar-refractivity contribution in [3.8, 4) is 0 Å². The van der Waals surface area contributed by atoms with Gasteiger partial charge in [0.2, 0.25) is 0 Å². The Morgan fingerprint density at radius 3 is 1.62 bits per heavy atom. The number of ether oxygens (including phenoxy) is 2. The Morgan fingerprint density at radius 1 is 0.730 bits per heavy atom. The Kier molecular flexibility index (Phi) is 23.1. The van der Waals surface area contributed by atoms with E-state index in [0.29, 0.717) is 17.6 Å². The lowest BCUT2D eigenvalue weighted by Gasteiger charge is -2.24. The second kappa shape index (κ2) is 23.4. The summed E-state index contributed by atoms with van der Waals surface area (Å²) >= 11 is 0. The highest BCUT2D eigenvalue weighted by Crippen LogP contribution is 2.43. The number of nitrogens with zero attached hydrogens (tertiary/aromatic N) is 1. The molecule has 0 aromatic heterocycles. The Hall–Kier alpha value is -0.500. The van der Waals surface area contributed by atoms with Gasteiger partial charge in [-0.3, -0.25) is 13.8 Å². The molecular formula is C28H59NO7P+. The van der Waals surface area contributed by atoms with E-state index in [2.05, 4.69) is 6.92 Å². The van der Waals surface area contributed by atoms with Crippen molar-refractivity contribution in [2.24, 2.45) is 0 Å². The molecule has 0 fully saturated rings. The molecule has 0 aliphatic carbocycles. The molecule has 0 aromatic carbocycles. The number of hydrogen-bond donors (Lipinski definition) is 1. The molecular weight excluding hydrogens is 493 g/mol. The van der Waals surface area contributed by atoms with Crippen LogP contribution in [-0.2, 0) is 27.9 Å². The average molecular weight is 553 g/mol. The van der Waals surface area contributed by atoms with Gasteiger partial charge in [-0.1, -0.05) is 103 Å². The van der Waals surface area contributed by atoms with E-state index in [1.165, 1.54) is 96.8 Å². The number of phosphoric acid groups is 1. The van der Waals surface area contributed by atoms with Crippen molar-refractivity contribution in [3.05, 3.63) is 0 Å². The normalized spacial score (nSPS) is 14.4. The van der Waals surface area contributed by atoms with Crippen molar-refractivity contribution in [1.29, 1.82) is 0 Å². The maximum atomic E-state index is 12.1. The number of phosphoric ester groups is 1. The van der Waals surface area contributed by atoms with Gasteiger partial charge in [-0.2, -0.15) is 0 Å². The number of esters is 1. The van der Waals surface area contributed by atoms with E-state index in [-0.39, 0.29) is 19.8 Å². The van der Waals surface area contributed by atoms with Gasteiger partial charge in [-0.15, -0.1) is 0 Å². The number of rotatable bonds is 27. The number of hydrogen-bond acceptors (Lipinski definition) is 6. The van der Waals surface area contributed by atoms with E-state index in [1.54, 1.807) is 0 Å². The van der Waals surface area contributed by atoms with Crippen molar-refractivity contribution in [2.45, 2.75) is 123 Å². The summed E-state index contributed by atoms with van der Waals surface area (Å²) in [6, 6.07) is 0. The molecule has 2 atom stereocenters. The first-order valence-corrected chi connectivity index (χ1v) is 16.2. The van der Waals surface area contributed by atoms with Crippen molar-refractivity contribution in [3.63, 3.8) is 0 Å². The van der Waals surface area contributed by atoms with Crippen molar-refractivity contribution < 1.29 is 37.3 Å². The highest BCUT2D eigenvalue weighted by atomic mass is 31.2. The van der Waals surface area contributed by atoms with Crippen LogP contribution in [0.2, 0.25) is 0 Å². The van der Waals surface area contributed by atoms with Gasteiger partial charge in [0, 0.05) is 13.5 Å². The summed E-state index contributed by atoms with van der Waals surface area (Å²) < 4.78 is 33.5. The van der Waals surface area contributed by atoms with Crippen LogP contribution in [0.15, 0.2) is 0 Å². The molecule has 222 valence electrons. The molecule has 1 N–H and O–H groups in total. The fourth-order valence-corrected chi connectivity index (χ4v) is 4.70. The number of unbranched alkanes of at least 4 members (excludes halogenated alkanes) is 15. The Balaban J connectivity index is 3.71. The molecule has 0 aliphatic rings. The zero-order valence-electron chi connectivity index (χ0n) is 24.7. The molecule has 8 nitrogen and oxygen atoms in total. The number of carbonyl (C=O) groups is 1. The van der Waals surface area contributed by atoms with E-state index in [1.807, 2.05) is 21.1 Å². The molecule has 0 radical (unpaired) electrons. The maximum Gasteiger partial charge on any atom is 0.472 e. The summed E-state index contributed by atoms with van der Waals surface area (Å²) in [6.45, 7) is 4.64. The zero-order valence-corrected chi connectivity index (χ0v) is 25.6. The van der Waals surface area contributed by atoms with Crippen molar-refractivity contribution >= 4 is 13.8 Å². The van der Waals surface area contributed by atoms with E-state index in [4.69, 9.17) is 18.5 Å². The van der Waals surface area contributed by atoms with E-state index >= 15 is 0 Å². The van der Waals surface area contributed by atoms with Gasteiger partial charge in [-0.25, -0.2) is 4.57 Å². The van der Waals surface area contributed by atoms with Crippen LogP contribution in [0.1, 0.15) is 117 Å². The van der Waals surface area contributed by atoms with Crippen molar-refractivity contribution in [2.75, 3.05) is 54.1 Å². The van der Waals surface area contributed by atoms with E-state index < -0.39 is 19.9 Å². The van der Waals surface area contributed by atoms with Crippen molar-refractivity contribution in [1.82, 2.24) is 0 Å². The van der Waals surface area contributed by atoms with Gasteiger partial charge >= 0.3 is 13.8 Å². The molecule has 37 heavy (non-hydrogen) atoms. The SMILES string of the molecule is CCCCCCCCCCCCCCCCCCOC[C@@H](COP(=O)(O)OCC[N+](C)(C)C)OC(C)=O. The van der Waals surface area contributed by atoms with E-state index in [9.17, 15) is 14.3 Å². The number of likely N-dealkylation sites (N-methyl/N-ethyl adjacent to an activating group) is 1. The van der Waals surface area contributed by atoms with Crippen LogP contribution in [0.4, 0.5) is 0 Å². The van der Waals surface area contributed by atoms with E-state index in [0.717, 1.165) is 12.8 Å². The largest absolute Gasteiger partial charge is 0.472 e. The van der Waals surface area contributed by atoms with Crippen LogP contribution in [0.3, 0.4) is 0 Å². The minimum absolute atomic E-state index is 0.0886. The minimum Gasteiger partial charge on any atom is -0.458 e. The lowest BCUT2D eigenvalue weighted by atomic mass is 10.0. The molecule has 0 heterocycles. The Labute approximate surface area is 228 Å². The highest BCUT2D eigenvalue weighted by Gasteiger charge is 2.25. The fourth-order valence-electron chi connectivity index (χ4n) is 3.96. The average Bonchev–Trinajstić information content (AvgIpc) is 2.80. The van der Waals surface area contributed by atoms with Gasteiger partial charge in [0.05, 0.1) is 34.4 Å². The molecule has 0 aromatic rings. The van der Waals surface area contributed by atoms with Gasteiger partial charge in [-0.05, 0) is 6.42 Å². The molecule has 0 saturated carbocycles. The second-order valence-electron chi connectivity index (χ2n) is 11.2. The number of quaternary nitrogens is 1. The molecule has 0 aliphatic heterocycles. The molecule has 9 heteroatoms. The first-order valence-electron chi connectivity index (χ1n) is 14.7. The molecule has 0 bridgehead atoms. The van der Waals surface area contributed by atoms with Crippen LogP contribution in [-0.4, -0.2) is 75.6 Å². The molecule has 0 saturated heterocycles. The van der Waals surface area contributed by atoms with Gasteiger partial charge < -0.3 is 18.9 Å². The molecule has 0 amide bonds. The van der Waals surface area contributed by atoms with Crippen LogP contribution in [0.5, 0.6) is 0 Å². The standard InChI is InChI=1S/C28H58NO7P/c1-6-7-8-9-10-11-12-13-14-15-16-17-18-19-20-21-23-33-25-28(36-27(2)30)26-35-37(31,32)34-24-22-29(3,4)5/h28H,6-26H2,1-5H3/p+1/t28-/m0/s1. The monoisotopic (exact) mass is 552 g/mol. The first kappa shape index (κ1) is 36.5. The highest BCUT2D eigenvalue weighted by molar-refractivity contribution is 7.47. The predicted molar refractivity (Wildman–Crippen MR) is 151 cm³/mol. The third kappa shape index (κ3) is 28.3. The smallest absolute Gasteiger partial charge is 0.458 e. The molecule has 0 rings (SSSR count). The predicted octanol–water partition coefficient (Wildman–Crippen LogP) is 7.04.